The van der Waals surface area contributed by atoms with Crippen molar-refractivity contribution >= 4 is 17.8 Å². The Morgan fingerprint density at radius 2 is 1.44 bits per heavy atom. The van der Waals surface area contributed by atoms with Crippen molar-refractivity contribution < 1.29 is 28.9 Å². The van der Waals surface area contributed by atoms with E-state index in [9.17, 15) is 14.7 Å². The lowest BCUT2D eigenvalue weighted by Crippen LogP contribution is -2.30. The normalized spacial score (nSPS) is 14.0. The molecule has 0 amide bonds. The average Bonchev–Trinajstić information content (AvgIpc) is 3.01. The minimum atomic E-state index is -1.47. The zero-order valence-corrected chi connectivity index (χ0v) is 27.1. The Morgan fingerprint density at radius 3 is 1.98 bits per heavy atom. The number of rotatable bonds is 16. The largest absolute Gasteiger partial charge is 0.490 e. The summed E-state index contributed by atoms with van der Waals surface area (Å²) >= 11 is 0. The number of hydrogen-bond acceptors (Lipinski definition) is 7. The van der Waals surface area contributed by atoms with Crippen LogP contribution in [-0.4, -0.2) is 47.2 Å². The minimum absolute atomic E-state index is 0.0452. The van der Waals surface area contributed by atoms with Gasteiger partial charge in [0.1, 0.15) is 23.8 Å². The summed E-state index contributed by atoms with van der Waals surface area (Å²) in [5.41, 5.74) is 8.24. The van der Waals surface area contributed by atoms with Crippen LogP contribution in [0, 0.1) is 5.92 Å². The number of nitrogens with zero attached hydrogens (tertiary/aromatic N) is 1. The summed E-state index contributed by atoms with van der Waals surface area (Å²) in [4.78, 5) is 29.8. The molecule has 0 aliphatic carbocycles. The summed E-state index contributed by atoms with van der Waals surface area (Å²) < 4.78 is 16.9. The zero-order chi connectivity index (χ0) is 32.8. The summed E-state index contributed by atoms with van der Waals surface area (Å²) in [7, 11) is 0. The van der Waals surface area contributed by atoms with Gasteiger partial charge in [-0.15, -0.1) is 0 Å². The number of amidine groups is 1. The van der Waals surface area contributed by atoms with Crippen LogP contribution < -0.4 is 10.5 Å². The van der Waals surface area contributed by atoms with Gasteiger partial charge in [0.25, 0.3) is 0 Å². The standard InChI is InChI=1S/C37H48N2O6/c1-6-13-30(21-18-26(2)24-33(41)45-37(3,4)5)39-35(38)29-19-22-31(23-20-29)43-25-32(40)36(42)44-34(27-14-9-7-10-15-27)28-16-11-8-12-17-28/h7-12,14-17,19-20,22-23,26,30,32,34,40H,6,13,18,21,24-25H2,1-5H3,(H2,38,39)/t26-,30?,32?/m0/s1. The second kappa shape index (κ2) is 17.4. The van der Waals surface area contributed by atoms with Gasteiger partial charge in [-0.05, 0) is 81.3 Å². The summed E-state index contributed by atoms with van der Waals surface area (Å²) in [6.07, 6.45) is 1.78. The second-order valence-electron chi connectivity index (χ2n) is 12.4. The van der Waals surface area contributed by atoms with Gasteiger partial charge in [0.2, 0.25) is 0 Å². The molecule has 0 saturated heterocycles. The third-order valence-electron chi connectivity index (χ3n) is 7.14. The molecule has 45 heavy (non-hydrogen) atoms. The number of aliphatic imine (C=N–C) groups is 1. The molecule has 242 valence electrons. The Kier molecular flexibility index (Phi) is 13.6. The quantitative estimate of drug-likeness (QED) is 0.103. The topological polar surface area (TPSA) is 120 Å². The predicted molar refractivity (Wildman–Crippen MR) is 177 cm³/mol. The van der Waals surface area contributed by atoms with Gasteiger partial charge in [0.15, 0.2) is 12.2 Å². The number of nitrogens with two attached hydrogens (primary N) is 1. The van der Waals surface area contributed by atoms with Crippen molar-refractivity contribution in [2.24, 2.45) is 16.6 Å². The monoisotopic (exact) mass is 616 g/mol. The number of ether oxygens (including phenoxy) is 3. The first-order valence-electron chi connectivity index (χ1n) is 15.7. The highest BCUT2D eigenvalue weighted by molar-refractivity contribution is 5.97. The van der Waals surface area contributed by atoms with Crippen LogP contribution in [0.25, 0.3) is 0 Å². The molecule has 8 nitrogen and oxygen atoms in total. The fourth-order valence-corrected chi connectivity index (χ4v) is 4.87. The van der Waals surface area contributed by atoms with E-state index < -0.39 is 23.8 Å². The first-order chi connectivity index (χ1) is 21.4. The van der Waals surface area contributed by atoms with E-state index in [4.69, 9.17) is 24.9 Å². The van der Waals surface area contributed by atoms with E-state index in [0.29, 0.717) is 18.0 Å². The first-order valence-corrected chi connectivity index (χ1v) is 15.7. The van der Waals surface area contributed by atoms with E-state index in [0.717, 1.165) is 42.4 Å². The van der Waals surface area contributed by atoms with E-state index >= 15 is 0 Å². The number of carbonyl (C=O) groups excluding carboxylic acids is 2. The van der Waals surface area contributed by atoms with Gasteiger partial charge in [-0.25, -0.2) is 4.79 Å². The van der Waals surface area contributed by atoms with Gasteiger partial charge in [-0.2, -0.15) is 0 Å². The molecule has 0 aliphatic rings. The zero-order valence-electron chi connectivity index (χ0n) is 27.1. The van der Waals surface area contributed by atoms with Crippen LogP contribution in [0.2, 0.25) is 0 Å². The molecule has 0 spiro atoms. The smallest absolute Gasteiger partial charge is 0.339 e. The van der Waals surface area contributed by atoms with Crippen LogP contribution in [0.3, 0.4) is 0 Å². The van der Waals surface area contributed by atoms with Crippen molar-refractivity contribution in [2.75, 3.05) is 6.61 Å². The highest BCUT2D eigenvalue weighted by Crippen LogP contribution is 2.26. The van der Waals surface area contributed by atoms with Crippen molar-refractivity contribution in [3.05, 3.63) is 102 Å². The third-order valence-corrected chi connectivity index (χ3v) is 7.14. The first kappa shape index (κ1) is 35.3. The maximum Gasteiger partial charge on any atom is 0.339 e. The van der Waals surface area contributed by atoms with Crippen LogP contribution in [0.1, 0.15) is 89.5 Å². The third kappa shape index (κ3) is 12.4. The second-order valence-corrected chi connectivity index (χ2v) is 12.4. The van der Waals surface area contributed by atoms with Gasteiger partial charge < -0.3 is 25.1 Å². The van der Waals surface area contributed by atoms with E-state index in [1.807, 2.05) is 81.4 Å². The number of carbonyl (C=O) groups is 2. The van der Waals surface area contributed by atoms with Crippen molar-refractivity contribution in [1.29, 1.82) is 0 Å². The molecule has 2 unspecified atom stereocenters. The van der Waals surface area contributed by atoms with E-state index in [1.54, 1.807) is 24.3 Å². The average molecular weight is 617 g/mol. The van der Waals surface area contributed by atoms with Crippen LogP contribution in [0.15, 0.2) is 89.9 Å². The number of aliphatic hydroxyl groups excluding tert-OH is 1. The van der Waals surface area contributed by atoms with Gasteiger partial charge in [0, 0.05) is 12.0 Å². The van der Waals surface area contributed by atoms with Crippen LogP contribution in [0.4, 0.5) is 0 Å². The molecule has 0 bridgehead atoms. The predicted octanol–water partition coefficient (Wildman–Crippen LogP) is 6.78. The van der Waals surface area contributed by atoms with E-state index in [1.165, 1.54) is 0 Å². The molecule has 0 fully saturated rings. The Labute approximate surface area is 267 Å². The minimum Gasteiger partial charge on any atom is -0.490 e. The lowest BCUT2D eigenvalue weighted by atomic mass is 9.96. The molecule has 3 aromatic carbocycles. The Hall–Kier alpha value is -4.17. The highest BCUT2D eigenvalue weighted by Gasteiger charge is 2.25. The SMILES string of the molecule is CCCC(CC[C@H](C)CC(=O)OC(C)(C)C)N=C(N)c1ccc(OCC(O)C(=O)OC(c2ccccc2)c2ccccc2)cc1. The number of esters is 2. The van der Waals surface area contributed by atoms with Crippen LogP contribution in [-0.2, 0) is 19.1 Å². The molecule has 0 saturated carbocycles. The Bertz CT molecular complexity index is 1310. The number of aliphatic hydroxyl groups is 1. The maximum atomic E-state index is 12.8. The molecule has 8 heteroatoms. The Morgan fingerprint density at radius 1 is 0.867 bits per heavy atom. The molecule has 3 rings (SSSR count). The lowest BCUT2D eigenvalue weighted by molar-refractivity contribution is -0.159. The fraction of sp³-hybridized carbons (Fsp3) is 0.432. The summed E-state index contributed by atoms with van der Waals surface area (Å²) in [6.45, 7) is 9.52. The van der Waals surface area contributed by atoms with E-state index in [2.05, 4.69) is 13.8 Å². The molecular formula is C37H48N2O6. The maximum absolute atomic E-state index is 12.8. The molecule has 0 radical (unpaired) electrons. The number of hydrogen-bond donors (Lipinski definition) is 2. The molecule has 0 heterocycles. The lowest BCUT2D eigenvalue weighted by Gasteiger charge is -2.21. The molecule has 3 atom stereocenters. The van der Waals surface area contributed by atoms with Gasteiger partial charge >= 0.3 is 11.9 Å². The highest BCUT2D eigenvalue weighted by atomic mass is 16.6. The summed E-state index contributed by atoms with van der Waals surface area (Å²) in [6, 6.07) is 25.9. The molecule has 3 aromatic rings. The number of benzene rings is 3. The van der Waals surface area contributed by atoms with E-state index in [-0.39, 0.29) is 24.5 Å². The summed E-state index contributed by atoms with van der Waals surface area (Å²) in [5, 5.41) is 10.5. The van der Waals surface area contributed by atoms with Crippen LogP contribution in [0.5, 0.6) is 5.75 Å². The molecular weight excluding hydrogens is 568 g/mol. The van der Waals surface area contributed by atoms with Crippen molar-refractivity contribution in [3.63, 3.8) is 0 Å². The molecule has 3 N–H and O–H groups in total. The summed E-state index contributed by atoms with van der Waals surface area (Å²) in [5.74, 6) is 0.129. The van der Waals surface area contributed by atoms with Crippen molar-refractivity contribution in [3.8, 4) is 5.75 Å². The molecule has 0 aromatic heterocycles. The van der Waals surface area contributed by atoms with Gasteiger partial charge in [-0.3, -0.25) is 9.79 Å². The van der Waals surface area contributed by atoms with Crippen LogP contribution >= 0.6 is 0 Å². The fourth-order valence-electron chi connectivity index (χ4n) is 4.87. The van der Waals surface area contributed by atoms with Gasteiger partial charge in [-0.1, -0.05) is 80.9 Å². The molecule has 0 aliphatic heterocycles. The Balaban J connectivity index is 1.54. The van der Waals surface area contributed by atoms with Crippen molar-refractivity contribution in [1.82, 2.24) is 0 Å². The van der Waals surface area contributed by atoms with Gasteiger partial charge in [0.05, 0.1) is 6.04 Å². The van der Waals surface area contributed by atoms with Crippen molar-refractivity contribution in [2.45, 2.75) is 90.6 Å².